The molecule has 6 heteroatoms. The Kier molecular flexibility index (Phi) is 5.16. The molecule has 2 heterocycles. The maximum atomic E-state index is 12.7. The number of ether oxygens (including phenoxy) is 1. The summed E-state index contributed by atoms with van der Waals surface area (Å²) < 4.78 is 7.53. The third kappa shape index (κ3) is 3.72. The molecule has 0 saturated carbocycles. The summed E-state index contributed by atoms with van der Waals surface area (Å²) in [6.45, 7) is 5.22. The van der Waals surface area contributed by atoms with Gasteiger partial charge in [0.25, 0.3) is 5.91 Å². The molecule has 0 radical (unpaired) electrons. The summed E-state index contributed by atoms with van der Waals surface area (Å²) in [7, 11) is 2.03. The fourth-order valence-electron chi connectivity index (χ4n) is 4.00. The number of allylic oxidation sites excluding steroid dienone is 1. The molecule has 1 fully saturated rings. The number of carbonyl (C=O) groups excluding carboxylic acids is 1. The summed E-state index contributed by atoms with van der Waals surface area (Å²) in [5.41, 5.74) is 3.91. The molecule has 27 heavy (non-hydrogen) atoms. The highest BCUT2D eigenvalue weighted by molar-refractivity contribution is 5.98. The molecule has 1 N–H and O–H groups in total. The quantitative estimate of drug-likeness (QED) is 0.843. The summed E-state index contributed by atoms with van der Waals surface area (Å²) in [4.78, 5) is 19.8. The summed E-state index contributed by atoms with van der Waals surface area (Å²) in [5.74, 6) is 0.904. The molecule has 6 nitrogen and oxygen atoms in total. The predicted octanol–water partition coefficient (Wildman–Crippen LogP) is 3.03. The van der Waals surface area contributed by atoms with Crippen molar-refractivity contribution in [2.45, 2.75) is 38.6 Å². The normalized spacial score (nSPS) is 19.0. The van der Waals surface area contributed by atoms with Crippen molar-refractivity contribution >= 4 is 22.9 Å². The first-order chi connectivity index (χ1) is 13.1. The number of aryl methyl sites for hydroxylation is 1. The van der Waals surface area contributed by atoms with Crippen LogP contribution in [0.2, 0.25) is 0 Å². The van der Waals surface area contributed by atoms with E-state index in [-0.39, 0.29) is 11.9 Å². The molecule has 0 spiro atoms. The first kappa shape index (κ1) is 18.0. The van der Waals surface area contributed by atoms with Crippen molar-refractivity contribution < 1.29 is 9.53 Å². The van der Waals surface area contributed by atoms with Gasteiger partial charge in [-0.05, 0) is 50.8 Å². The van der Waals surface area contributed by atoms with Gasteiger partial charge in [0.15, 0.2) is 0 Å². The molecule has 1 aliphatic carbocycles. The third-order valence-electron chi connectivity index (χ3n) is 5.64. The lowest BCUT2D eigenvalue weighted by molar-refractivity contribution is 0.0944. The first-order valence-electron chi connectivity index (χ1n) is 9.92. The minimum Gasteiger partial charge on any atom is -0.378 e. The lowest BCUT2D eigenvalue weighted by atomic mass is 9.94. The van der Waals surface area contributed by atoms with Crippen LogP contribution < -0.4 is 10.2 Å². The molecule has 4 rings (SSSR count). The van der Waals surface area contributed by atoms with Gasteiger partial charge >= 0.3 is 0 Å². The number of benzene rings is 1. The van der Waals surface area contributed by atoms with E-state index in [0.717, 1.165) is 56.1 Å². The van der Waals surface area contributed by atoms with Crippen molar-refractivity contribution in [2.24, 2.45) is 7.05 Å². The number of amides is 1. The number of anilines is 1. The number of carbonyl (C=O) groups is 1. The van der Waals surface area contributed by atoms with Crippen LogP contribution in [0.3, 0.4) is 0 Å². The van der Waals surface area contributed by atoms with Crippen LogP contribution in [0.4, 0.5) is 5.95 Å². The van der Waals surface area contributed by atoms with Crippen molar-refractivity contribution in [1.82, 2.24) is 14.9 Å². The number of nitrogens with one attached hydrogen (secondary N) is 1. The number of rotatable bonds is 4. The van der Waals surface area contributed by atoms with Crippen molar-refractivity contribution in [3.05, 3.63) is 35.4 Å². The molecule has 1 unspecified atom stereocenters. The van der Waals surface area contributed by atoms with E-state index in [2.05, 4.69) is 27.8 Å². The van der Waals surface area contributed by atoms with E-state index in [9.17, 15) is 4.79 Å². The summed E-state index contributed by atoms with van der Waals surface area (Å²) in [5, 5.41) is 3.15. The van der Waals surface area contributed by atoms with Gasteiger partial charge in [0, 0.05) is 31.7 Å². The van der Waals surface area contributed by atoms with Gasteiger partial charge in [-0.25, -0.2) is 4.98 Å². The van der Waals surface area contributed by atoms with Crippen LogP contribution in [0.25, 0.3) is 11.0 Å². The van der Waals surface area contributed by atoms with E-state index in [1.807, 2.05) is 25.2 Å². The second-order valence-corrected chi connectivity index (χ2v) is 7.49. The fourth-order valence-corrected chi connectivity index (χ4v) is 4.00. The van der Waals surface area contributed by atoms with Crippen LogP contribution in [-0.2, 0) is 11.8 Å². The van der Waals surface area contributed by atoms with Gasteiger partial charge in [0.05, 0.1) is 24.2 Å². The Hall–Kier alpha value is -2.34. The molecule has 0 bridgehead atoms. The summed E-state index contributed by atoms with van der Waals surface area (Å²) >= 11 is 0. The van der Waals surface area contributed by atoms with Crippen LogP contribution in [0.15, 0.2) is 29.8 Å². The van der Waals surface area contributed by atoms with E-state index in [0.29, 0.717) is 5.56 Å². The van der Waals surface area contributed by atoms with Crippen molar-refractivity contribution in [2.75, 3.05) is 31.2 Å². The Morgan fingerprint density at radius 3 is 2.81 bits per heavy atom. The van der Waals surface area contributed by atoms with Crippen molar-refractivity contribution in [1.29, 1.82) is 0 Å². The zero-order chi connectivity index (χ0) is 18.8. The van der Waals surface area contributed by atoms with E-state index in [1.54, 1.807) is 0 Å². The van der Waals surface area contributed by atoms with E-state index in [1.165, 1.54) is 18.4 Å². The molecule has 1 aromatic heterocycles. The van der Waals surface area contributed by atoms with Crippen LogP contribution >= 0.6 is 0 Å². The summed E-state index contributed by atoms with van der Waals surface area (Å²) in [6, 6.07) is 5.87. The second-order valence-electron chi connectivity index (χ2n) is 7.49. The molecule has 144 valence electrons. The van der Waals surface area contributed by atoms with Crippen molar-refractivity contribution in [3.63, 3.8) is 0 Å². The Labute approximate surface area is 160 Å². The Bertz CT molecular complexity index is 864. The second kappa shape index (κ2) is 7.72. The van der Waals surface area contributed by atoms with E-state index < -0.39 is 0 Å². The minimum absolute atomic E-state index is 0.0329. The standard InChI is InChI=1S/C21H28N4O2/c1-15(16-6-4-3-5-7-16)22-20(26)17-8-9-19-18(14-17)23-21(24(19)2)25-10-12-27-13-11-25/h6,8-9,14-15H,3-5,7,10-13H2,1-2H3,(H,22,26). The van der Waals surface area contributed by atoms with Gasteiger partial charge in [-0.2, -0.15) is 0 Å². The molecule has 2 aliphatic rings. The smallest absolute Gasteiger partial charge is 0.251 e. The number of hydrogen-bond donors (Lipinski definition) is 1. The maximum absolute atomic E-state index is 12.7. The van der Waals surface area contributed by atoms with Gasteiger partial charge in [-0.3, -0.25) is 4.79 Å². The Balaban J connectivity index is 1.54. The molecule has 1 aliphatic heterocycles. The number of fused-ring (bicyclic) bond motifs is 1. The van der Waals surface area contributed by atoms with Crippen LogP contribution in [0.1, 0.15) is 43.0 Å². The maximum Gasteiger partial charge on any atom is 0.251 e. The predicted molar refractivity (Wildman–Crippen MR) is 107 cm³/mol. The van der Waals surface area contributed by atoms with Crippen LogP contribution in [-0.4, -0.2) is 47.8 Å². The number of morpholine rings is 1. The largest absolute Gasteiger partial charge is 0.378 e. The highest BCUT2D eigenvalue weighted by atomic mass is 16.5. The monoisotopic (exact) mass is 368 g/mol. The average molecular weight is 368 g/mol. The van der Waals surface area contributed by atoms with E-state index in [4.69, 9.17) is 9.72 Å². The number of imidazole rings is 1. The molecular formula is C21H28N4O2. The van der Waals surface area contributed by atoms with E-state index >= 15 is 0 Å². The molecule has 1 atom stereocenters. The zero-order valence-corrected chi connectivity index (χ0v) is 16.2. The average Bonchev–Trinajstić information content (AvgIpc) is 3.05. The Morgan fingerprint density at radius 1 is 1.26 bits per heavy atom. The topological polar surface area (TPSA) is 59.4 Å². The first-order valence-corrected chi connectivity index (χ1v) is 9.92. The lowest BCUT2D eigenvalue weighted by Gasteiger charge is -2.27. The SMILES string of the molecule is CC(NC(=O)c1ccc2c(c1)nc(N1CCOCC1)n2C)C1=CCCCC1. The molecule has 1 saturated heterocycles. The minimum atomic E-state index is -0.0329. The van der Waals surface area contributed by atoms with Gasteiger partial charge in [0.1, 0.15) is 0 Å². The summed E-state index contributed by atoms with van der Waals surface area (Å²) in [6.07, 6.45) is 6.97. The lowest BCUT2D eigenvalue weighted by Crippen LogP contribution is -2.37. The van der Waals surface area contributed by atoms with Crippen LogP contribution in [0.5, 0.6) is 0 Å². The molecular weight excluding hydrogens is 340 g/mol. The number of aromatic nitrogens is 2. The van der Waals surface area contributed by atoms with Gasteiger partial charge < -0.3 is 19.5 Å². The number of nitrogens with zero attached hydrogens (tertiary/aromatic N) is 3. The van der Waals surface area contributed by atoms with Gasteiger partial charge in [0.2, 0.25) is 5.95 Å². The molecule has 1 aromatic carbocycles. The zero-order valence-electron chi connectivity index (χ0n) is 16.2. The molecule has 2 aromatic rings. The van der Waals surface area contributed by atoms with Gasteiger partial charge in [-0.1, -0.05) is 11.6 Å². The Morgan fingerprint density at radius 2 is 2.07 bits per heavy atom. The fraction of sp³-hybridized carbons (Fsp3) is 0.524. The highest BCUT2D eigenvalue weighted by Crippen LogP contribution is 2.24. The van der Waals surface area contributed by atoms with Gasteiger partial charge in [-0.15, -0.1) is 0 Å². The molecule has 1 amide bonds. The number of hydrogen-bond acceptors (Lipinski definition) is 4. The van der Waals surface area contributed by atoms with Crippen LogP contribution in [0, 0.1) is 0 Å². The third-order valence-corrected chi connectivity index (χ3v) is 5.64. The highest BCUT2D eigenvalue weighted by Gasteiger charge is 2.19. The van der Waals surface area contributed by atoms with Crippen molar-refractivity contribution in [3.8, 4) is 0 Å².